The molecule has 0 radical (unpaired) electrons. The van der Waals surface area contributed by atoms with Crippen LogP contribution in [0, 0.1) is 41.5 Å². The van der Waals surface area contributed by atoms with E-state index in [-0.39, 0.29) is 0 Å². The van der Waals surface area contributed by atoms with Crippen molar-refractivity contribution in [3.8, 4) is 0 Å². The molecule has 0 aliphatic rings. The van der Waals surface area contributed by atoms with E-state index in [1.807, 2.05) is 0 Å². The fourth-order valence-electron chi connectivity index (χ4n) is 6.66. The molecule has 7 aromatic rings. The van der Waals surface area contributed by atoms with Gasteiger partial charge < -0.3 is 0 Å². The van der Waals surface area contributed by atoms with E-state index in [0.29, 0.717) is 0 Å². The summed E-state index contributed by atoms with van der Waals surface area (Å²) in [5, 5.41) is 13.8. The topological polar surface area (TPSA) is 0 Å². The van der Waals surface area contributed by atoms with Gasteiger partial charge in [-0.2, -0.15) is 0 Å². The fourth-order valence-corrected chi connectivity index (χ4v) is 6.66. The Bertz CT molecular complexity index is 1660. The summed E-state index contributed by atoms with van der Waals surface area (Å²) in [6, 6.07) is 35.0. The maximum absolute atomic E-state index is 2.28. The van der Waals surface area contributed by atoms with E-state index >= 15 is 0 Å². The SMILES string of the molecule is Cc1ccc(C)c2c(C)c3c(C)ccc(C)c3c(C)c12.c1ccc2c(c1)c1ccccc1c1ccccc21. The summed E-state index contributed by atoms with van der Waals surface area (Å²) in [5.41, 5.74) is 8.40. The van der Waals surface area contributed by atoms with Gasteiger partial charge >= 0.3 is 0 Å². The van der Waals surface area contributed by atoms with Gasteiger partial charge in [-0.25, -0.2) is 0 Å². The maximum atomic E-state index is 2.28. The molecule has 0 spiro atoms. The first-order valence-electron chi connectivity index (χ1n) is 13.6. The highest BCUT2D eigenvalue weighted by molar-refractivity contribution is 6.25. The Hall–Kier alpha value is -4.16. The van der Waals surface area contributed by atoms with Gasteiger partial charge in [-0.1, -0.05) is 97.1 Å². The van der Waals surface area contributed by atoms with Crippen LogP contribution in [0.3, 0.4) is 0 Å². The van der Waals surface area contributed by atoms with Crippen molar-refractivity contribution >= 4 is 53.9 Å². The van der Waals surface area contributed by atoms with Crippen LogP contribution in [0.25, 0.3) is 53.9 Å². The largest absolute Gasteiger partial charge is 0.0616 e. The van der Waals surface area contributed by atoms with Crippen molar-refractivity contribution < 1.29 is 0 Å². The minimum atomic E-state index is 1.34. The smallest absolute Gasteiger partial charge is 0.00990 e. The minimum absolute atomic E-state index is 1.34. The van der Waals surface area contributed by atoms with Crippen LogP contribution in [0.2, 0.25) is 0 Å². The van der Waals surface area contributed by atoms with Gasteiger partial charge in [0.2, 0.25) is 0 Å². The van der Waals surface area contributed by atoms with Gasteiger partial charge in [0.1, 0.15) is 0 Å². The van der Waals surface area contributed by atoms with Gasteiger partial charge in [0.15, 0.2) is 0 Å². The van der Waals surface area contributed by atoms with Crippen LogP contribution in [-0.4, -0.2) is 0 Å². The third-order valence-corrected chi connectivity index (χ3v) is 8.40. The van der Waals surface area contributed by atoms with E-state index in [1.165, 1.54) is 87.2 Å². The van der Waals surface area contributed by atoms with E-state index < -0.39 is 0 Å². The van der Waals surface area contributed by atoms with E-state index in [2.05, 4.69) is 139 Å². The average Bonchev–Trinajstić information content (AvgIpc) is 2.94. The molecule has 186 valence electrons. The molecule has 0 N–H and O–H groups in total. The van der Waals surface area contributed by atoms with Crippen LogP contribution in [-0.2, 0) is 0 Å². The summed E-state index contributed by atoms with van der Waals surface area (Å²) in [5.74, 6) is 0. The molecule has 0 atom stereocenters. The lowest BCUT2D eigenvalue weighted by atomic mass is 9.85. The van der Waals surface area contributed by atoms with Crippen molar-refractivity contribution in [2.75, 3.05) is 0 Å². The zero-order valence-electron chi connectivity index (χ0n) is 23.2. The lowest BCUT2D eigenvalue weighted by molar-refractivity contribution is 1.38. The summed E-state index contributed by atoms with van der Waals surface area (Å²) < 4.78 is 0. The Balaban J connectivity index is 0.000000140. The monoisotopic (exact) mass is 490 g/mol. The van der Waals surface area contributed by atoms with Crippen molar-refractivity contribution in [3.05, 3.63) is 130 Å². The number of rotatable bonds is 0. The number of hydrogen-bond donors (Lipinski definition) is 0. The van der Waals surface area contributed by atoms with Gasteiger partial charge in [0.05, 0.1) is 0 Å². The highest BCUT2D eigenvalue weighted by atomic mass is 14.2. The lowest BCUT2D eigenvalue weighted by Crippen LogP contribution is -1.96. The molecular weight excluding hydrogens is 456 g/mol. The average molecular weight is 491 g/mol. The highest BCUT2D eigenvalue weighted by Gasteiger charge is 2.15. The highest BCUT2D eigenvalue weighted by Crippen LogP contribution is 2.38. The summed E-state index contributed by atoms with van der Waals surface area (Å²) in [7, 11) is 0. The number of fused-ring (bicyclic) bond motifs is 8. The second-order valence-electron chi connectivity index (χ2n) is 10.8. The molecule has 0 nitrogen and oxygen atoms in total. The van der Waals surface area contributed by atoms with Crippen LogP contribution in [0.1, 0.15) is 33.4 Å². The van der Waals surface area contributed by atoms with E-state index in [4.69, 9.17) is 0 Å². The Labute approximate surface area is 225 Å². The van der Waals surface area contributed by atoms with Crippen molar-refractivity contribution in [2.24, 2.45) is 0 Å². The lowest BCUT2D eigenvalue weighted by Gasteiger charge is -2.19. The third kappa shape index (κ3) is 3.67. The minimum Gasteiger partial charge on any atom is -0.0616 e. The fraction of sp³-hybridized carbons (Fsp3) is 0.158. The summed E-state index contributed by atoms with van der Waals surface area (Å²) in [4.78, 5) is 0. The number of aryl methyl sites for hydroxylation is 6. The Morgan fingerprint density at radius 3 is 0.632 bits per heavy atom. The molecule has 0 unspecified atom stereocenters. The zero-order valence-corrected chi connectivity index (χ0v) is 23.2. The second kappa shape index (κ2) is 9.30. The summed E-state index contributed by atoms with van der Waals surface area (Å²) >= 11 is 0. The molecule has 0 heterocycles. The molecule has 0 saturated carbocycles. The third-order valence-electron chi connectivity index (χ3n) is 8.40. The molecule has 0 aliphatic carbocycles. The van der Waals surface area contributed by atoms with Crippen LogP contribution < -0.4 is 0 Å². The molecule has 0 heteroatoms. The van der Waals surface area contributed by atoms with Crippen LogP contribution in [0.5, 0.6) is 0 Å². The van der Waals surface area contributed by atoms with Crippen molar-refractivity contribution in [3.63, 3.8) is 0 Å². The molecule has 7 rings (SSSR count). The van der Waals surface area contributed by atoms with Gasteiger partial charge in [0, 0.05) is 0 Å². The molecule has 0 aliphatic heterocycles. The maximum Gasteiger partial charge on any atom is -0.00990 e. The quantitative estimate of drug-likeness (QED) is 0.146. The summed E-state index contributed by atoms with van der Waals surface area (Å²) in [6.45, 7) is 13.5. The van der Waals surface area contributed by atoms with Gasteiger partial charge in [0.25, 0.3) is 0 Å². The predicted octanol–water partition coefficient (Wildman–Crippen LogP) is 11.0. The molecule has 38 heavy (non-hydrogen) atoms. The van der Waals surface area contributed by atoms with Crippen molar-refractivity contribution in [1.29, 1.82) is 0 Å². The Kier molecular flexibility index (Phi) is 5.92. The predicted molar refractivity (Wildman–Crippen MR) is 169 cm³/mol. The number of hydrogen-bond acceptors (Lipinski definition) is 0. The molecule has 0 fully saturated rings. The molecule has 7 aromatic carbocycles. The first-order chi connectivity index (χ1) is 18.4. The molecule has 0 aromatic heterocycles. The van der Waals surface area contributed by atoms with Crippen molar-refractivity contribution in [1.82, 2.24) is 0 Å². The molecular formula is C38H34. The Morgan fingerprint density at radius 1 is 0.263 bits per heavy atom. The van der Waals surface area contributed by atoms with E-state index in [0.717, 1.165) is 0 Å². The number of benzene rings is 7. The summed E-state index contributed by atoms with van der Waals surface area (Å²) in [6.07, 6.45) is 0. The first kappa shape index (κ1) is 24.2. The standard InChI is InChI=1S/C20H22.C18H12/c1-11-7-8-12(2)18-16(6)20-14(4)10-9-13(3)19(20)15(5)17(11)18;1-2-8-14-13(7-1)15-9-3-4-11-17(15)18-12-6-5-10-16(14)18/h7-10H,1-6H3;1-12H. The molecule has 0 amide bonds. The van der Waals surface area contributed by atoms with Crippen LogP contribution >= 0.6 is 0 Å². The van der Waals surface area contributed by atoms with E-state index in [1.54, 1.807) is 0 Å². The first-order valence-corrected chi connectivity index (χ1v) is 13.6. The second-order valence-corrected chi connectivity index (χ2v) is 10.8. The van der Waals surface area contributed by atoms with Crippen LogP contribution in [0.4, 0.5) is 0 Å². The van der Waals surface area contributed by atoms with Gasteiger partial charge in [-0.3, -0.25) is 0 Å². The van der Waals surface area contributed by atoms with Gasteiger partial charge in [-0.15, -0.1) is 0 Å². The molecule has 0 bridgehead atoms. The Morgan fingerprint density at radius 2 is 0.447 bits per heavy atom. The van der Waals surface area contributed by atoms with Crippen molar-refractivity contribution in [2.45, 2.75) is 41.5 Å². The van der Waals surface area contributed by atoms with Crippen LogP contribution in [0.15, 0.2) is 97.1 Å². The molecule has 0 saturated heterocycles. The van der Waals surface area contributed by atoms with E-state index in [9.17, 15) is 0 Å². The normalized spacial score (nSPS) is 11.4. The van der Waals surface area contributed by atoms with Gasteiger partial charge in [-0.05, 0) is 129 Å². The zero-order chi connectivity index (χ0) is 26.6.